The molecule has 1 aromatic carbocycles. The summed E-state index contributed by atoms with van der Waals surface area (Å²) < 4.78 is 0. The van der Waals surface area contributed by atoms with E-state index in [-0.39, 0.29) is 6.10 Å². The van der Waals surface area contributed by atoms with Crippen molar-refractivity contribution in [2.45, 2.75) is 32.9 Å². The highest BCUT2D eigenvalue weighted by Crippen LogP contribution is 2.26. The van der Waals surface area contributed by atoms with Gasteiger partial charge in [0.15, 0.2) is 0 Å². The maximum Gasteiger partial charge on any atom is 0.122 e. The van der Waals surface area contributed by atoms with Crippen molar-refractivity contribution in [3.8, 4) is 5.75 Å². The number of nitrogens with zero attached hydrogens (tertiary/aromatic N) is 1. The largest absolute Gasteiger partial charge is 0.507 e. The predicted octanol–water partition coefficient (Wildman–Crippen LogP) is 1.90. The average Bonchev–Trinajstić information content (AvgIpc) is 2.73. The van der Waals surface area contributed by atoms with Crippen LogP contribution in [-0.2, 0) is 6.54 Å². The van der Waals surface area contributed by atoms with Crippen molar-refractivity contribution in [3.63, 3.8) is 0 Å². The Morgan fingerprint density at radius 2 is 2.24 bits per heavy atom. The molecule has 17 heavy (non-hydrogen) atoms. The minimum atomic E-state index is -0.230. The molecule has 2 N–H and O–H groups in total. The number of aromatic hydroxyl groups is 1. The highest BCUT2D eigenvalue weighted by atomic mass is 16.3. The number of aliphatic hydroxyl groups excluding tert-OH is 1. The first-order chi connectivity index (χ1) is 8.08. The van der Waals surface area contributed by atoms with E-state index >= 15 is 0 Å². The zero-order chi connectivity index (χ0) is 12.4. The van der Waals surface area contributed by atoms with E-state index in [1.54, 1.807) is 0 Å². The Bertz CT molecular complexity index is 390. The van der Waals surface area contributed by atoms with Gasteiger partial charge < -0.3 is 10.2 Å². The molecule has 0 aliphatic carbocycles. The summed E-state index contributed by atoms with van der Waals surface area (Å²) in [7, 11) is 0. The second-order valence-corrected chi connectivity index (χ2v) is 5.11. The van der Waals surface area contributed by atoms with Crippen molar-refractivity contribution in [2.24, 2.45) is 5.92 Å². The molecule has 1 saturated heterocycles. The van der Waals surface area contributed by atoms with E-state index in [9.17, 15) is 10.2 Å². The monoisotopic (exact) mass is 235 g/mol. The van der Waals surface area contributed by atoms with Gasteiger partial charge in [0.05, 0.1) is 6.10 Å². The molecular formula is C14H21NO2. The molecule has 94 valence electrons. The Labute approximate surface area is 103 Å². The van der Waals surface area contributed by atoms with Crippen molar-refractivity contribution < 1.29 is 10.2 Å². The predicted molar refractivity (Wildman–Crippen MR) is 67.9 cm³/mol. The van der Waals surface area contributed by atoms with Gasteiger partial charge in [0.1, 0.15) is 5.75 Å². The molecule has 0 amide bonds. The first kappa shape index (κ1) is 12.4. The van der Waals surface area contributed by atoms with Crippen LogP contribution in [0.5, 0.6) is 5.75 Å². The Morgan fingerprint density at radius 3 is 2.88 bits per heavy atom. The zero-order valence-corrected chi connectivity index (χ0v) is 10.6. The Balaban J connectivity index is 2.00. The van der Waals surface area contributed by atoms with Gasteiger partial charge in [-0.15, -0.1) is 0 Å². The lowest BCUT2D eigenvalue weighted by atomic mass is 10.0. The topological polar surface area (TPSA) is 43.7 Å². The van der Waals surface area contributed by atoms with Crippen molar-refractivity contribution >= 4 is 0 Å². The molecule has 0 saturated carbocycles. The van der Waals surface area contributed by atoms with Gasteiger partial charge in [0.2, 0.25) is 0 Å². The normalized spacial score (nSPS) is 22.9. The van der Waals surface area contributed by atoms with Crippen LogP contribution in [0.2, 0.25) is 0 Å². The molecule has 3 heteroatoms. The number of likely N-dealkylation sites (tertiary alicyclic amines) is 1. The van der Waals surface area contributed by atoms with Crippen LogP contribution in [-0.4, -0.2) is 34.3 Å². The fourth-order valence-electron chi connectivity index (χ4n) is 2.49. The molecule has 2 rings (SSSR count). The molecule has 1 fully saturated rings. The summed E-state index contributed by atoms with van der Waals surface area (Å²) in [6.45, 7) is 6.48. The minimum absolute atomic E-state index is 0.230. The molecule has 1 aliphatic rings. The molecule has 0 aromatic heterocycles. The number of benzene rings is 1. The van der Waals surface area contributed by atoms with Crippen LogP contribution in [0.15, 0.2) is 18.2 Å². The number of aliphatic hydroxyl groups is 1. The minimum Gasteiger partial charge on any atom is -0.507 e. The molecule has 1 aromatic rings. The average molecular weight is 235 g/mol. The Kier molecular flexibility index (Phi) is 3.69. The van der Waals surface area contributed by atoms with Gasteiger partial charge in [-0.2, -0.15) is 0 Å². The highest BCUT2D eigenvalue weighted by Gasteiger charge is 2.26. The van der Waals surface area contributed by atoms with E-state index in [1.165, 1.54) is 0 Å². The first-order valence-corrected chi connectivity index (χ1v) is 6.26. The van der Waals surface area contributed by atoms with Gasteiger partial charge in [-0.05, 0) is 38.3 Å². The SMILES string of the molecule is Cc1cccc(CN2CCC(C(C)O)C2)c1O. The number of phenolic OH excluding ortho intramolecular Hbond substituents is 1. The third kappa shape index (κ3) is 2.79. The number of hydrogen-bond donors (Lipinski definition) is 2. The van der Waals surface area contributed by atoms with Crippen LogP contribution in [0.4, 0.5) is 0 Å². The summed E-state index contributed by atoms with van der Waals surface area (Å²) in [5.41, 5.74) is 1.91. The maximum atomic E-state index is 9.96. The lowest BCUT2D eigenvalue weighted by Gasteiger charge is -2.18. The quantitative estimate of drug-likeness (QED) is 0.841. The molecule has 2 unspecified atom stereocenters. The van der Waals surface area contributed by atoms with Crippen molar-refractivity contribution in [1.29, 1.82) is 0 Å². The van der Waals surface area contributed by atoms with Gasteiger partial charge in [-0.1, -0.05) is 18.2 Å². The highest BCUT2D eigenvalue weighted by molar-refractivity contribution is 5.39. The lowest BCUT2D eigenvalue weighted by Crippen LogP contribution is -2.24. The Hall–Kier alpha value is -1.06. The fraction of sp³-hybridized carbons (Fsp3) is 0.571. The summed E-state index contributed by atoms with van der Waals surface area (Å²) in [5, 5.41) is 19.5. The number of phenols is 1. The standard InChI is InChI=1S/C14H21NO2/c1-10-4-3-5-13(14(10)17)9-15-7-6-12(8-15)11(2)16/h3-5,11-12,16-17H,6-9H2,1-2H3. The summed E-state index contributed by atoms with van der Waals surface area (Å²) in [6.07, 6.45) is 0.815. The summed E-state index contributed by atoms with van der Waals surface area (Å²) in [4.78, 5) is 2.30. The number of para-hydroxylation sites is 1. The van der Waals surface area contributed by atoms with Gasteiger partial charge >= 0.3 is 0 Å². The van der Waals surface area contributed by atoms with Crippen LogP contribution in [0, 0.1) is 12.8 Å². The van der Waals surface area contributed by atoms with Crippen LogP contribution in [0.25, 0.3) is 0 Å². The molecule has 0 spiro atoms. The van der Waals surface area contributed by atoms with Crippen molar-refractivity contribution in [2.75, 3.05) is 13.1 Å². The number of hydrogen-bond acceptors (Lipinski definition) is 3. The molecule has 2 atom stereocenters. The van der Waals surface area contributed by atoms with Gasteiger partial charge in [0.25, 0.3) is 0 Å². The van der Waals surface area contributed by atoms with Gasteiger partial charge in [0, 0.05) is 18.7 Å². The van der Waals surface area contributed by atoms with E-state index in [1.807, 2.05) is 32.0 Å². The fourth-order valence-corrected chi connectivity index (χ4v) is 2.49. The molecule has 0 radical (unpaired) electrons. The second-order valence-electron chi connectivity index (χ2n) is 5.11. The van der Waals surface area contributed by atoms with Crippen LogP contribution >= 0.6 is 0 Å². The lowest BCUT2D eigenvalue weighted by molar-refractivity contribution is 0.127. The molecule has 3 nitrogen and oxygen atoms in total. The van der Waals surface area contributed by atoms with Crippen LogP contribution in [0.3, 0.4) is 0 Å². The molecule has 1 heterocycles. The summed E-state index contributed by atoms with van der Waals surface area (Å²) in [5.74, 6) is 0.787. The van der Waals surface area contributed by atoms with Crippen LogP contribution < -0.4 is 0 Å². The van der Waals surface area contributed by atoms with E-state index in [0.717, 1.165) is 37.2 Å². The summed E-state index contributed by atoms with van der Waals surface area (Å²) in [6, 6.07) is 5.87. The van der Waals surface area contributed by atoms with E-state index < -0.39 is 0 Å². The molecule has 0 bridgehead atoms. The van der Waals surface area contributed by atoms with Gasteiger partial charge in [-0.25, -0.2) is 0 Å². The van der Waals surface area contributed by atoms with Gasteiger partial charge in [-0.3, -0.25) is 4.90 Å². The second kappa shape index (κ2) is 5.07. The van der Waals surface area contributed by atoms with E-state index in [2.05, 4.69) is 4.90 Å². The Morgan fingerprint density at radius 1 is 1.47 bits per heavy atom. The third-order valence-electron chi connectivity index (χ3n) is 3.71. The zero-order valence-electron chi connectivity index (χ0n) is 10.6. The van der Waals surface area contributed by atoms with E-state index in [0.29, 0.717) is 11.7 Å². The molecular weight excluding hydrogens is 214 g/mol. The number of rotatable bonds is 3. The van der Waals surface area contributed by atoms with Crippen molar-refractivity contribution in [1.82, 2.24) is 4.90 Å². The summed E-state index contributed by atoms with van der Waals surface area (Å²) >= 11 is 0. The van der Waals surface area contributed by atoms with Crippen LogP contribution in [0.1, 0.15) is 24.5 Å². The van der Waals surface area contributed by atoms with E-state index in [4.69, 9.17) is 0 Å². The van der Waals surface area contributed by atoms with Crippen molar-refractivity contribution in [3.05, 3.63) is 29.3 Å². The first-order valence-electron chi connectivity index (χ1n) is 6.26. The molecule has 1 aliphatic heterocycles. The smallest absolute Gasteiger partial charge is 0.122 e. The maximum absolute atomic E-state index is 9.96. The third-order valence-corrected chi connectivity index (χ3v) is 3.71. The number of aryl methyl sites for hydroxylation is 1.